The van der Waals surface area contributed by atoms with E-state index in [4.69, 9.17) is 11.5 Å². The number of benzene rings is 3. The molecule has 474 valence electrons. The lowest BCUT2D eigenvalue weighted by molar-refractivity contribution is -0.155. The molecule has 1 saturated heterocycles. The molecule has 3 aromatic carbocycles. The number of nitrogens with one attached hydrogen (secondary N) is 7. The molecule has 1 fully saturated rings. The Morgan fingerprint density at radius 1 is 0.614 bits per heavy atom. The number of aromatic amines is 2. The smallest absolute Gasteiger partial charge is 0.252 e. The number of hydrogen-bond donors (Lipinski definition) is 10. The van der Waals surface area contributed by atoms with Gasteiger partial charge in [0, 0.05) is 44.6 Å². The summed E-state index contributed by atoms with van der Waals surface area (Å²) in [5, 5.41) is 26.1. The van der Waals surface area contributed by atoms with Crippen molar-refractivity contribution in [3.8, 4) is 0 Å². The van der Waals surface area contributed by atoms with Crippen LogP contribution in [0.5, 0.6) is 0 Å². The average molecular weight is 1210 g/mol. The van der Waals surface area contributed by atoms with Gasteiger partial charge in [-0.05, 0) is 85.8 Å². The highest BCUT2D eigenvalue weighted by Gasteiger charge is 2.43. The van der Waals surface area contributed by atoms with E-state index in [1.54, 1.807) is 44.3 Å². The Labute approximate surface area is 515 Å². The Bertz CT molecular complexity index is 3040. The van der Waals surface area contributed by atoms with Crippen molar-refractivity contribution >= 4 is 53.2 Å². The van der Waals surface area contributed by atoms with Gasteiger partial charge in [0.25, 0.3) is 5.91 Å². The van der Waals surface area contributed by atoms with Gasteiger partial charge in [-0.15, -0.1) is 0 Å². The number of nitrogens with zero attached hydrogens (tertiary/aromatic N) is 4. The maximum Gasteiger partial charge on any atom is 0.252 e. The van der Waals surface area contributed by atoms with Gasteiger partial charge in [0.2, 0.25) is 47.3 Å². The lowest BCUT2D eigenvalue weighted by Gasteiger charge is -2.35. The average Bonchev–Trinajstić information content (AvgIpc) is 4.40. The SMILES string of the molecule is CC(C)CC(=O)N(C(=O)C(CCc1ccccc1)NC(=O)C(CCc1ccccc1)NC(=O)[C@@H]1CCCN1C(=O)[C@@H](N)Cc1c[nH]cn1)[C@@H](Cc1c[nH]cn1)C(=O)NC(CC(C)C)[C@@H](O)CC(=O)N[C@@H](CC(C)C)C(=O)N[C@@H](Cc1ccccc1)C(N)=O. The predicted octanol–water partition coefficient (Wildman–Crippen LogP) is 3.27. The van der Waals surface area contributed by atoms with E-state index in [2.05, 4.69) is 46.5 Å². The number of carbonyl (C=O) groups excluding carboxylic acids is 9. The summed E-state index contributed by atoms with van der Waals surface area (Å²) in [6, 6.07) is 17.8. The molecule has 0 aliphatic carbocycles. The van der Waals surface area contributed by atoms with Crippen LogP contribution in [0.15, 0.2) is 116 Å². The van der Waals surface area contributed by atoms with Crippen molar-refractivity contribution in [1.29, 1.82) is 0 Å². The van der Waals surface area contributed by atoms with Gasteiger partial charge in [-0.25, -0.2) is 9.97 Å². The second-order valence-electron chi connectivity index (χ2n) is 24.1. The number of imide groups is 1. The third-order valence-corrected chi connectivity index (χ3v) is 15.4. The number of rotatable bonds is 34. The minimum absolute atomic E-state index is 0.0639. The van der Waals surface area contributed by atoms with E-state index in [0.717, 1.165) is 21.6 Å². The van der Waals surface area contributed by atoms with E-state index >= 15 is 14.4 Å². The van der Waals surface area contributed by atoms with E-state index in [1.165, 1.54) is 23.8 Å². The van der Waals surface area contributed by atoms with E-state index in [9.17, 15) is 33.9 Å². The molecule has 5 aromatic rings. The summed E-state index contributed by atoms with van der Waals surface area (Å²) in [6.45, 7) is 11.2. The molecule has 88 heavy (non-hydrogen) atoms. The lowest BCUT2D eigenvalue weighted by atomic mass is 9.95. The van der Waals surface area contributed by atoms with Gasteiger partial charge in [0.1, 0.15) is 36.3 Å². The number of nitrogens with two attached hydrogens (primary N) is 2. The first kappa shape index (κ1) is 68.5. The Hall–Kier alpha value is -8.57. The summed E-state index contributed by atoms with van der Waals surface area (Å²) in [6.07, 6.45) is 5.22. The molecule has 6 rings (SSSR count). The molecule has 3 heterocycles. The van der Waals surface area contributed by atoms with Crippen LogP contribution in [0.1, 0.15) is 121 Å². The lowest BCUT2D eigenvalue weighted by Crippen LogP contribution is -2.62. The normalized spacial score (nSPS) is 15.9. The fraction of sp³-hybridized carbons (Fsp3) is 0.492. The molecule has 0 radical (unpaired) electrons. The third kappa shape index (κ3) is 21.4. The van der Waals surface area contributed by atoms with Crippen molar-refractivity contribution < 1.29 is 48.3 Å². The van der Waals surface area contributed by atoms with Crippen LogP contribution in [0.3, 0.4) is 0 Å². The molecule has 0 saturated carbocycles. The standard InChI is InChI=1S/C65H89N13O10/c1-40(2)29-51(56(79)35-57(80)72-53(30-41(3)4)61(84)76-52(59(67)82)32-45-21-14-9-15-22-45)75-63(86)55(34-47-37-69-39-71-47)78(58(81)31-42(5)6)65(88)50(27-25-44-19-12-8-13-20-44)74-60(83)49(26-24-43-17-10-7-11-18-43)73-62(85)54-23-16-28-77(54)64(87)48(66)33-46-36-68-38-70-46/h7-15,17-22,36-42,48-56,79H,16,23-35,66H2,1-6H3,(H2,67,82)(H,68,70)(H,69,71)(H,72,80)(H,73,85)(H,74,83)(H,75,86)(H,76,84)/t48-,49?,50?,51?,52-,53-,54-,55-,56-/m0/s1. The van der Waals surface area contributed by atoms with Gasteiger partial charge in [-0.1, -0.05) is 133 Å². The first-order chi connectivity index (χ1) is 42.1. The van der Waals surface area contributed by atoms with Gasteiger partial charge in [0.05, 0.1) is 48.7 Å². The second kappa shape index (κ2) is 34.1. The molecular formula is C65H89N13O10. The summed E-state index contributed by atoms with van der Waals surface area (Å²) >= 11 is 0. The fourth-order valence-corrected chi connectivity index (χ4v) is 10.9. The van der Waals surface area contributed by atoms with Crippen LogP contribution in [0, 0.1) is 17.8 Å². The summed E-state index contributed by atoms with van der Waals surface area (Å²) in [7, 11) is 0. The molecule has 2 aromatic heterocycles. The molecular weight excluding hydrogens is 1120 g/mol. The Morgan fingerprint density at radius 2 is 1.15 bits per heavy atom. The molecule has 12 N–H and O–H groups in total. The van der Waals surface area contributed by atoms with Gasteiger partial charge in [-0.2, -0.15) is 0 Å². The van der Waals surface area contributed by atoms with E-state index in [0.29, 0.717) is 30.7 Å². The second-order valence-corrected chi connectivity index (χ2v) is 24.1. The molecule has 0 spiro atoms. The van der Waals surface area contributed by atoms with Gasteiger partial charge >= 0.3 is 0 Å². The van der Waals surface area contributed by atoms with Crippen LogP contribution in [-0.4, -0.2) is 149 Å². The quantitative estimate of drug-likeness (QED) is 0.0283. The Morgan fingerprint density at radius 3 is 1.68 bits per heavy atom. The number of hydrogen-bond acceptors (Lipinski definition) is 13. The zero-order chi connectivity index (χ0) is 63.9. The van der Waals surface area contributed by atoms with Crippen LogP contribution in [0.4, 0.5) is 0 Å². The number of imidazole rings is 2. The molecule has 1 aliphatic heterocycles. The summed E-state index contributed by atoms with van der Waals surface area (Å²) in [5.74, 6) is -7.09. The van der Waals surface area contributed by atoms with Gasteiger partial charge in [-0.3, -0.25) is 48.1 Å². The predicted molar refractivity (Wildman–Crippen MR) is 330 cm³/mol. The Balaban J connectivity index is 1.29. The van der Waals surface area contributed by atoms with Crippen molar-refractivity contribution in [2.24, 2.45) is 29.2 Å². The zero-order valence-electron chi connectivity index (χ0n) is 51.4. The van der Waals surface area contributed by atoms with E-state index < -0.39 is 114 Å². The maximum atomic E-state index is 15.8. The number of primary amides is 1. The van der Waals surface area contributed by atoms with Crippen molar-refractivity contribution in [3.63, 3.8) is 0 Å². The number of aryl methyl sites for hydroxylation is 2. The number of amides is 9. The first-order valence-corrected chi connectivity index (χ1v) is 30.5. The number of aromatic nitrogens is 4. The maximum absolute atomic E-state index is 15.8. The monoisotopic (exact) mass is 1210 g/mol. The first-order valence-electron chi connectivity index (χ1n) is 30.5. The van der Waals surface area contributed by atoms with Crippen LogP contribution in [0.2, 0.25) is 0 Å². The summed E-state index contributed by atoms with van der Waals surface area (Å²) in [5.41, 5.74) is 15.4. The number of carbonyl (C=O) groups is 9. The number of likely N-dealkylation sites (tertiary alicyclic amines) is 1. The highest BCUT2D eigenvalue weighted by atomic mass is 16.3. The third-order valence-electron chi connectivity index (χ3n) is 15.4. The molecule has 23 nitrogen and oxygen atoms in total. The van der Waals surface area contributed by atoms with Crippen LogP contribution in [-0.2, 0) is 75.3 Å². The van der Waals surface area contributed by atoms with Crippen LogP contribution in [0.25, 0.3) is 0 Å². The minimum atomic E-state index is -1.64. The molecule has 9 amide bonds. The van der Waals surface area contributed by atoms with E-state index in [-0.39, 0.29) is 82.1 Å². The highest BCUT2D eigenvalue weighted by molar-refractivity contribution is 6.04. The topological polar surface area (TPSA) is 350 Å². The summed E-state index contributed by atoms with van der Waals surface area (Å²) in [4.78, 5) is 146. The number of H-pyrrole nitrogens is 2. The van der Waals surface area contributed by atoms with Crippen molar-refractivity contribution in [1.82, 2.24) is 56.3 Å². The van der Waals surface area contributed by atoms with E-state index in [1.807, 2.05) is 94.4 Å². The molecule has 23 heteroatoms. The van der Waals surface area contributed by atoms with Crippen molar-refractivity contribution in [2.75, 3.05) is 6.54 Å². The number of aliphatic hydroxyl groups excluding tert-OH is 1. The largest absolute Gasteiger partial charge is 0.390 e. The summed E-state index contributed by atoms with van der Waals surface area (Å²) < 4.78 is 0. The van der Waals surface area contributed by atoms with Crippen LogP contribution >= 0.6 is 0 Å². The molecule has 0 bridgehead atoms. The van der Waals surface area contributed by atoms with Gasteiger partial charge in [0.15, 0.2) is 0 Å². The molecule has 3 unspecified atom stereocenters. The van der Waals surface area contributed by atoms with Crippen molar-refractivity contribution in [2.45, 2.75) is 179 Å². The Kier molecular flexibility index (Phi) is 26.6. The number of aliphatic hydroxyl groups is 1. The minimum Gasteiger partial charge on any atom is -0.390 e. The fourth-order valence-electron chi connectivity index (χ4n) is 10.9. The molecule has 9 atom stereocenters. The highest BCUT2D eigenvalue weighted by Crippen LogP contribution is 2.23. The zero-order valence-corrected chi connectivity index (χ0v) is 51.4. The van der Waals surface area contributed by atoms with Crippen molar-refractivity contribution in [3.05, 3.63) is 144 Å². The molecule has 1 aliphatic rings. The van der Waals surface area contributed by atoms with Gasteiger partial charge < -0.3 is 58.0 Å². The van der Waals surface area contributed by atoms with Crippen LogP contribution < -0.4 is 38.1 Å².